The predicted molar refractivity (Wildman–Crippen MR) is 100 cm³/mol. The van der Waals surface area contributed by atoms with E-state index in [2.05, 4.69) is 71.7 Å². The minimum atomic E-state index is 0.234. The van der Waals surface area contributed by atoms with Gasteiger partial charge in [0.1, 0.15) is 11.7 Å². The lowest BCUT2D eigenvalue weighted by Gasteiger charge is -2.20. The molecule has 3 aromatic rings. The third-order valence-corrected chi connectivity index (χ3v) is 4.42. The van der Waals surface area contributed by atoms with Gasteiger partial charge in [-0.25, -0.2) is 9.97 Å². The predicted octanol–water partition coefficient (Wildman–Crippen LogP) is 4.52. The van der Waals surface area contributed by atoms with Gasteiger partial charge in [0, 0.05) is 23.8 Å². The van der Waals surface area contributed by atoms with Gasteiger partial charge in [-0.1, -0.05) is 51.1 Å². The van der Waals surface area contributed by atoms with Gasteiger partial charge in [0.25, 0.3) is 0 Å². The van der Waals surface area contributed by atoms with Gasteiger partial charge in [-0.3, -0.25) is 0 Å². The van der Waals surface area contributed by atoms with E-state index >= 15 is 0 Å². The van der Waals surface area contributed by atoms with Gasteiger partial charge in [0.2, 0.25) is 5.82 Å². The molecule has 4 heteroatoms. The highest BCUT2D eigenvalue weighted by Gasteiger charge is 2.15. The fourth-order valence-electron chi connectivity index (χ4n) is 2.97. The number of nitriles is 1. The fourth-order valence-corrected chi connectivity index (χ4v) is 2.97. The van der Waals surface area contributed by atoms with E-state index in [4.69, 9.17) is 5.26 Å². The molecule has 0 spiro atoms. The van der Waals surface area contributed by atoms with Crippen LogP contribution in [0.15, 0.2) is 42.6 Å². The van der Waals surface area contributed by atoms with Crippen LogP contribution in [0.25, 0.3) is 11.0 Å². The van der Waals surface area contributed by atoms with Crippen LogP contribution in [0.5, 0.6) is 0 Å². The molecule has 0 N–H and O–H groups in total. The van der Waals surface area contributed by atoms with Gasteiger partial charge in [0.15, 0.2) is 0 Å². The van der Waals surface area contributed by atoms with E-state index in [-0.39, 0.29) is 11.2 Å². The molecule has 0 aliphatic carbocycles. The van der Waals surface area contributed by atoms with Crippen LogP contribution in [0.4, 0.5) is 0 Å². The van der Waals surface area contributed by atoms with Gasteiger partial charge < -0.3 is 4.57 Å². The summed E-state index contributed by atoms with van der Waals surface area (Å²) in [6.45, 7) is 7.65. The summed E-state index contributed by atoms with van der Waals surface area (Å²) >= 11 is 0. The quantitative estimate of drug-likeness (QED) is 0.690. The van der Waals surface area contributed by atoms with Crippen molar-refractivity contribution in [3.63, 3.8) is 0 Å². The van der Waals surface area contributed by atoms with Crippen molar-refractivity contribution in [3.05, 3.63) is 59.7 Å². The van der Waals surface area contributed by atoms with Gasteiger partial charge in [-0.15, -0.1) is 0 Å². The number of hydrogen-bond acceptors (Lipinski definition) is 3. The molecule has 2 heterocycles. The zero-order chi connectivity index (χ0) is 17.9. The van der Waals surface area contributed by atoms with Crippen molar-refractivity contribution >= 4 is 11.0 Å². The van der Waals surface area contributed by atoms with E-state index in [1.165, 1.54) is 11.3 Å². The molecule has 0 atom stereocenters. The van der Waals surface area contributed by atoms with Crippen LogP contribution in [-0.2, 0) is 19.4 Å². The van der Waals surface area contributed by atoms with Crippen molar-refractivity contribution in [3.8, 4) is 6.07 Å². The second-order valence-corrected chi connectivity index (χ2v) is 7.67. The first kappa shape index (κ1) is 17.2. The van der Waals surface area contributed by atoms with E-state index in [0.717, 1.165) is 36.8 Å². The molecule has 0 aliphatic rings. The molecule has 0 amide bonds. The number of hydrogen-bond donors (Lipinski definition) is 0. The maximum atomic E-state index is 9.12. The number of aryl methyl sites for hydroxylation is 3. The van der Waals surface area contributed by atoms with Gasteiger partial charge in [0.05, 0.1) is 0 Å². The van der Waals surface area contributed by atoms with E-state index in [9.17, 15) is 0 Å². The molecule has 0 bridgehead atoms. The van der Waals surface area contributed by atoms with E-state index in [0.29, 0.717) is 0 Å². The second-order valence-electron chi connectivity index (χ2n) is 7.67. The largest absolute Gasteiger partial charge is 0.329 e. The summed E-state index contributed by atoms with van der Waals surface area (Å²) in [5.74, 6) is 0.234. The number of rotatable bonds is 5. The Kier molecular flexibility index (Phi) is 4.85. The Labute approximate surface area is 149 Å². The average molecular weight is 332 g/mol. The third-order valence-electron chi connectivity index (χ3n) is 4.42. The standard InChI is InChI=1S/C21H24N4/c1-21(2,3)11-12-25-18(10-9-16-7-5-4-6-8-16)13-17-15-23-19(14-22)24-20(17)25/h4-8,13,15H,9-12H2,1-3H3. The first-order valence-corrected chi connectivity index (χ1v) is 8.75. The molecule has 2 aromatic heterocycles. The molecule has 3 rings (SSSR count). The van der Waals surface area contributed by atoms with Crippen LogP contribution in [-0.4, -0.2) is 14.5 Å². The number of fused-ring (bicyclic) bond motifs is 1. The fraction of sp³-hybridized carbons (Fsp3) is 0.381. The summed E-state index contributed by atoms with van der Waals surface area (Å²) in [5, 5.41) is 10.1. The second kappa shape index (κ2) is 7.06. The Morgan fingerprint density at radius 3 is 2.56 bits per heavy atom. The Hall–Kier alpha value is -2.67. The summed E-state index contributed by atoms with van der Waals surface area (Å²) in [6.07, 6.45) is 4.76. The van der Waals surface area contributed by atoms with Crippen molar-refractivity contribution < 1.29 is 0 Å². The molecule has 25 heavy (non-hydrogen) atoms. The molecule has 0 radical (unpaired) electrons. The Morgan fingerprint density at radius 2 is 1.88 bits per heavy atom. The topological polar surface area (TPSA) is 54.5 Å². The Morgan fingerprint density at radius 1 is 1.12 bits per heavy atom. The van der Waals surface area contributed by atoms with Gasteiger partial charge in [-0.2, -0.15) is 5.26 Å². The van der Waals surface area contributed by atoms with Crippen LogP contribution in [0.1, 0.15) is 44.3 Å². The van der Waals surface area contributed by atoms with Crippen LogP contribution in [0.2, 0.25) is 0 Å². The van der Waals surface area contributed by atoms with Gasteiger partial charge in [-0.05, 0) is 36.3 Å². The smallest absolute Gasteiger partial charge is 0.234 e. The molecule has 0 unspecified atom stereocenters. The molecule has 4 nitrogen and oxygen atoms in total. The summed E-state index contributed by atoms with van der Waals surface area (Å²) in [5.41, 5.74) is 3.71. The summed E-state index contributed by atoms with van der Waals surface area (Å²) in [6, 6.07) is 14.7. The molecule has 0 fully saturated rings. The summed E-state index contributed by atoms with van der Waals surface area (Å²) < 4.78 is 2.27. The minimum Gasteiger partial charge on any atom is -0.329 e. The third kappa shape index (κ3) is 4.24. The number of benzene rings is 1. The highest BCUT2D eigenvalue weighted by molar-refractivity contribution is 5.77. The molecule has 0 saturated heterocycles. The van der Waals surface area contributed by atoms with Gasteiger partial charge >= 0.3 is 0 Å². The molecular formula is C21H24N4. The summed E-state index contributed by atoms with van der Waals surface area (Å²) in [7, 11) is 0. The molecule has 0 aliphatic heterocycles. The van der Waals surface area contributed by atoms with Crippen molar-refractivity contribution in [1.82, 2.24) is 14.5 Å². The number of aromatic nitrogens is 3. The number of nitrogens with zero attached hydrogens (tertiary/aromatic N) is 4. The zero-order valence-electron chi connectivity index (χ0n) is 15.2. The van der Waals surface area contributed by atoms with Crippen molar-refractivity contribution in [1.29, 1.82) is 5.26 Å². The highest BCUT2D eigenvalue weighted by atomic mass is 15.1. The Balaban J connectivity index is 1.93. The van der Waals surface area contributed by atoms with Crippen LogP contribution in [0, 0.1) is 16.7 Å². The zero-order valence-corrected chi connectivity index (χ0v) is 15.2. The molecule has 0 saturated carbocycles. The van der Waals surface area contributed by atoms with Crippen LogP contribution in [0.3, 0.4) is 0 Å². The monoisotopic (exact) mass is 332 g/mol. The van der Waals surface area contributed by atoms with Crippen molar-refractivity contribution in [2.75, 3.05) is 0 Å². The normalized spacial score (nSPS) is 11.6. The van der Waals surface area contributed by atoms with E-state index < -0.39 is 0 Å². The van der Waals surface area contributed by atoms with Crippen LogP contribution >= 0.6 is 0 Å². The van der Waals surface area contributed by atoms with Crippen molar-refractivity contribution in [2.45, 2.75) is 46.6 Å². The van der Waals surface area contributed by atoms with Crippen molar-refractivity contribution in [2.24, 2.45) is 5.41 Å². The first-order valence-electron chi connectivity index (χ1n) is 8.75. The van der Waals surface area contributed by atoms with Crippen LogP contribution < -0.4 is 0 Å². The molecular weight excluding hydrogens is 308 g/mol. The maximum absolute atomic E-state index is 9.12. The molecule has 128 valence electrons. The van der Waals surface area contributed by atoms with E-state index in [1.54, 1.807) is 6.20 Å². The van der Waals surface area contributed by atoms with E-state index in [1.807, 2.05) is 6.07 Å². The molecule has 1 aromatic carbocycles. The summed E-state index contributed by atoms with van der Waals surface area (Å²) in [4.78, 5) is 8.58. The first-order chi connectivity index (χ1) is 12.0. The maximum Gasteiger partial charge on any atom is 0.234 e. The lowest BCUT2D eigenvalue weighted by molar-refractivity contribution is 0.350. The SMILES string of the molecule is CC(C)(C)CCn1c(CCc2ccccc2)cc2cnc(C#N)nc21. The average Bonchev–Trinajstić information content (AvgIpc) is 2.95. The lowest BCUT2D eigenvalue weighted by atomic mass is 9.92. The lowest BCUT2D eigenvalue weighted by Crippen LogP contribution is -2.13. The highest BCUT2D eigenvalue weighted by Crippen LogP contribution is 2.24. The Bertz CT molecular complexity index is 895. The minimum absolute atomic E-state index is 0.234.